The maximum absolute atomic E-state index is 11.6. The zero-order chi connectivity index (χ0) is 15.4. The molecule has 110 valence electrons. The molecule has 0 aliphatic heterocycles. The molecular weight excluding hydrogens is 311 g/mol. The SMILES string of the molecule is O=S(=O)=C1C=CC=CC1P(c1ccccc1)c1ccccc1. The van der Waals surface area contributed by atoms with Gasteiger partial charge in [-0.3, -0.25) is 0 Å². The van der Waals surface area contributed by atoms with Crippen LogP contribution in [0.5, 0.6) is 0 Å². The van der Waals surface area contributed by atoms with Crippen LogP contribution >= 0.6 is 7.92 Å². The van der Waals surface area contributed by atoms with Crippen molar-refractivity contribution >= 4 is 33.7 Å². The van der Waals surface area contributed by atoms with Crippen molar-refractivity contribution in [1.29, 1.82) is 0 Å². The summed E-state index contributed by atoms with van der Waals surface area (Å²) in [6.07, 6.45) is 7.42. The Balaban J connectivity index is 2.17. The number of hydrogen-bond acceptors (Lipinski definition) is 2. The van der Waals surface area contributed by atoms with E-state index in [4.69, 9.17) is 0 Å². The predicted octanol–water partition coefficient (Wildman–Crippen LogP) is 2.67. The average Bonchev–Trinajstić information content (AvgIpc) is 2.57. The van der Waals surface area contributed by atoms with Gasteiger partial charge in [-0.05, 0) is 24.6 Å². The Kier molecular flexibility index (Phi) is 4.67. The summed E-state index contributed by atoms with van der Waals surface area (Å²) in [5.74, 6) is 0. The van der Waals surface area contributed by atoms with Crippen LogP contribution in [0.2, 0.25) is 0 Å². The van der Waals surface area contributed by atoms with E-state index in [-0.39, 0.29) is 5.66 Å². The lowest BCUT2D eigenvalue weighted by molar-refractivity contribution is 0.627. The van der Waals surface area contributed by atoms with Gasteiger partial charge in [0.2, 0.25) is 10.3 Å². The van der Waals surface area contributed by atoms with Crippen molar-refractivity contribution in [2.75, 3.05) is 0 Å². The Morgan fingerprint density at radius 3 is 1.82 bits per heavy atom. The van der Waals surface area contributed by atoms with E-state index in [0.29, 0.717) is 4.86 Å². The molecule has 1 aliphatic carbocycles. The molecule has 0 spiro atoms. The topological polar surface area (TPSA) is 34.1 Å². The molecule has 1 atom stereocenters. The summed E-state index contributed by atoms with van der Waals surface area (Å²) < 4.78 is 23.2. The van der Waals surface area contributed by atoms with Gasteiger partial charge in [-0.2, -0.15) is 8.42 Å². The standard InChI is InChI=1S/C18H15O2PS/c19-22(20)18-14-8-7-13-17(18)21(15-9-3-1-4-10-15)16-11-5-2-6-12-16/h1-14,17H. The third-order valence-electron chi connectivity index (χ3n) is 3.50. The first kappa shape index (κ1) is 15.0. The second-order valence-electron chi connectivity index (χ2n) is 4.87. The minimum Gasteiger partial charge on any atom is -0.184 e. The first-order valence-electron chi connectivity index (χ1n) is 6.97. The lowest BCUT2D eigenvalue weighted by Gasteiger charge is -2.26. The molecule has 3 rings (SSSR count). The van der Waals surface area contributed by atoms with Crippen LogP contribution in [0.15, 0.2) is 85.0 Å². The Labute approximate surface area is 133 Å². The largest absolute Gasteiger partial charge is 0.218 e. The van der Waals surface area contributed by atoms with Crippen molar-refractivity contribution in [3.05, 3.63) is 85.0 Å². The van der Waals surface area contributed by atoms with Gasteiger partial charge >= 0.3 is 0 Å². The molecule has 22 heavy (non-hydrogen) atoms. The van der Waals surface area contributed by atoms with E-state index in [0.717, 1.165) is 0 Å². The van der Waals surface area contributed by atoms with Crippen LogP contribution in [-0.4, -0.2) is 18.9 Å². The summed E-state index contributed by atoms with van der Waals surface area (Å²) in [5.41, 5.74) is -0.122. The third kappa shape index (κ3) is 3.11. The van der Waals surface area contributed by atoms with E-state index >= 15 is 0 Å². The molecule has 0 fully saturated rings. The lowest BCUT2D eigenvalue weighted by Crippen LogP contribution is -2.27. The highest BCUT2D eigenvalue weighted by Crippen LogP contribution is 2.41. The van der Waals surface area contributed by atoms with Crippen LogP contribution in [-0.2, 0) is 10.3 Å². The maximum Gasteiger partial charge on any atom is 0.218 e. The maximum atomic E-state index is 11.6. The van der Waals surface area contributed by atoms with Gasteiger partial charge < -0.3 is 0 Å². The van der Waals surface area contributed by atoms with Crippen LogP contribution in [0.3, 0.4) is 0 Å². The Bertz CT molecular complexity index is 790. The summed E-state index contributed by atoms with van der Waals surface area (Å²) in [6.45, 7) is 0. The van der Waals surface area contributed by atoms with Gasteiger partial charge in [-0.1, -0.05) is 78.9 Å². The van der Waals surface area contributed by atoms with Crippen molar-refractivity contribution in [1.82, 2.24) is 0 Å². The smallest absolute Gasteiger partial charge is 0.184 e. The first-order valence-corrected chi connectivity index (χ1v) is 9.46. The quantitative estimate of drug-likeness (QED) is 0.642. The molecule has 1 aliphatic rings. The van der Waals surface area contributed by atoms with Crippen LogP contribution in [0.4, 0.5) is 0 Å². The number of benzene rings is 2. The molecule has 0 N–H and O–H groups in total. The predicted molar refractivity (Wildman–Crippen MR) is 95.1 cm³/mol. The molecule has 0 aromatic heterocycles. The minimum atomic E-state index is -2.21. The molecule has 1 unspecified atom stereocenters. The fraction of sp³-hybridized carbons (Fsp3) is 0.0556. The molecule has 2 nitrogen and oxygen atoms in total. The summed E-state index contributed by atoms with van der Waals surface area (Å²) in [4.78, 5) is 0.460. The van der Waals surface area contributed by atoms with Gasteiger partial charge in [0.15, 0.2) is 0 Å². The number of allylic oxidation sites excluding steroid dienone is 4. The number of rotatable bonds is 3. The molecule has 2 aromatic rings. The molecular formula is C18H15O2PS. The summed E-state index contributed by atoms with van der Waals surface area (Å²) in [7, 11) is -3.01. The average molecular weight is 326 g/mol. The molecule has 0 bridgehead atoms. The van der Waals surface area contributed by atoms with Crippen molar-refractivity contribution in [2.45, 2.75) is 5.66 Å². The molecule has 0 heterocycles. The van der Waals surface area contributed by atoms with Crippen molar-refractivity contribution in [3.8, 4) is 0 Å². The summed E-state index contributed by atoms with van der Waals surface area (Å²) in [6, 6.07) is 20.3. The third-order valence-corrected chi connectivity index (χ3v) is 7.16. The second-order valence-corrected chi connectivity index (χ2v) is 8.14. The summed E-state index contributed by atoms with van der Waals surface area (Å²) in [5, 5.41) is 2.35. The van der Waals surface area contributed by atoms with Gasteiger partial charge in [0, 0.05) is 5.66 Å². The molecule has 4 heteroatoms. The highest BCUT2D eigenvalue weighted by atomic mass is 32.2. The van der Waals surface area contributed by atoms with Gasteiger partial charge in [-0.25, -0.2) is 0 Å². The van der Waals surface area contributed by atoms with E-state index in [1.165, 1.54) is 10.6 Å². The fourth-order valence-electron chi connectivity index (χ4n) is 2.53. The zero-order valence-electron chi connectivity index (χ0n) is 11.8. The molecule has 0 saturated heterocycles. The van der Waals surface area contributed by atoms with Crippen LogP contribution < -0.4 is 10.6 Å². The first-order chi connectivity index (χ1) is 10.8. The fourth-order valence-corrected chi connectivity index (χ4v) is 6.11. The van der Waals surface area contributed by atoms with Crippen molar-refractivity contribution < 1.29 is 8.42 Å². The van der Waals surface area contributed by atoms with Gasteiger partial charge in [0.1, 0.15) is 0 Å². The highest BCUT2D eigenvalue weighted by Gasteiger charge is 2.27. The molecule has 0 amide bonds. The molecule has 0 saturated carbocycles. The van der Waals surface area contributed by atoms with E-state index in [2.05, 4.69) is 24.3 Å². The van der Waals surface area contributed by atoms with E-state index in [9.17, 15) is 8.42 Å². The van der Waals surface area contributed by atoms with Crippen LogP contribution in [0.25, 0.3) is 0 Å². The van der Waals surface area contributed by atoms with E-state index in [1.807, 2.05) is 48.6 Å². The Morgan fingerprint density at radius 1 is 0.773 bits per heavy atom. The van der Waals surface area contributed by atoms with Gasteiger partial charge in [-0.15, -0.1) is 0 Å². The number of hydrogen-bond donors (Lipinski definition) is 0. The van der Waals surface area contributed by atoms with E-state index < -0.39 is 18.2 Å². The highest BCUT2D eigenvalue weighted by molar-refractivity contribution is 7.79. The lowest BCUT2D eigenvalue weighted by atomic mass is 10.2. The minimum absolute atomic E-state index is 0.122. The Morgan fingerprint density at radius 2 is 1.32 bits per heavy atom. The zero-order valence-corrected chi connectivity index (χ0v) is 13.5. The normalized spacial score (nSPS) is 17.0. The monoisotopic (exact) mass is 326 g/mol. The Hall–Kier alpha value is -1.96. The van der Waals surface area contributed by atoms with Crippen LogP contribution in [0.1, 0.15) is 0 Å². The van der Waals surface area contributed by atoms with Crippen LogP contribution in [0, 0.1) is 0 Å². The second kappa shape index (κ2) is 6.87. The van der Waals surface area contributed by atoms with E-state index in [1.54, 1.807) is 12.2 Å². The van der Waals surface area contributed by atoms with Crippen molar-refractivity contribution in [2.24, 2.45) is 0 Å². The summed E-state index contributed by atoms with van der Waals surface area (Å²) >= 11 is 0. The van der Waals surface area contributed by atoms with Gasteiger partial charge in [0.25, 0.3) is 0 Å². The molecule has 2 aromatic carbocycles. The van der Waals surface area contributed by atoms with Gasteiger partial charge in [0.05, 0.1) is 4.86 Å². The van der Waals surface area contributed by atoms with Crippen molar-refractivity contribution in [3.63, 3.8) is 0 Å². The molecule has 0 radical (unpaired) electrons.